The van der Waals surface area contributed by atoms with E-state index in [0.717, 1.165) is 6.07 Å². The average Bonchev–Trinajstić information content (AvgIpc) is 2.37. The number of hydrogen-bond acceptors (Lipinski definition) is 4. The number of alkyl halides is 3. The van der Waals surface area contributed by atoms with E-state index in [1.807, 2.05) is 0 Å². The molecule has 1 aromatic carbocycles. The van der Waals surface area contributed by atoms with Gasteiger partial charge in [0.25, 0.3) is 0 Å². The zero-order chi connectivity index (χ0) is 16.4. The van der Waals surface area contributed by atoms with E-state index in [1.54, 1.807) is 13.8 Å². The maximum Gasteiger partial charge on any atom is 0.573 e. The van der Waals surface area contributed by atoms with Crippen molar-refractivity contribution in [2.45, 2.75) is 26.3 Å². The molecule has 1 aromatic rings. The number of benzene rings is 1. The molecule has 0 aliphatic carbocycles. The van der Waals surface area contributed by atoms with E-state index in [-0.39, 0.29) is 5.02 Å². The van der Waals surface area contributed by atoms with E-state index in [4.69, 9.17) is 17.3 Å². The molecule has 1 atom stereocenters. The second kappa shape index (κ2) is 6.11. The minimum absolute atomic E-state index is 0.249. The predicted molar refractivity (Wildman–Crippen MR) is 70.9 cm³/mol. The Bertz CT molecular complexity index is 532. The van der Waals surface area contributed by atoms with Gasteiger partial charge in [-0.2, -0.15) is 0 Å². The molecule has 2 N–H and O–H groups in total. The predicted octanol–water partition coefficient (Wildman–Crippen LogP) is 3.44. The molecule has 0 aliphatic heterocycles. The molecule has 0 amide bonds. The van der Waals surface area contributed by atoms with Gasteiger partial charge in [0.2, 0.25) is 0 Å². The number of nitrogens with two attached hydrogens (primary N) is 1. The Morgan fingerprint density at radius 2 is 1.90 bits per heavy atom. The van der Waals surface area contributed by atoms with Crippen LogP contribution in [0.3, 0.4) is 0 Å². The van der Waals surface area contributed by atoms with E-state index in [0.29, 0.717) is 5.56 Å². The summed E-state index contributed by atoms with van der Waals surface area (Å²) in [5, 5.41) is -0.249. The van der Waals surface area contributed by atoms with Crippen molar-refractivity contribution in [3.8, 4) is 5.75 Å². The van der Waals surface area contributed by atoms with Gasteiger partial charge in [0.15, 0.2) is 0 Å². The van der Waals surface area contributed by atoms with Crippen molar-refractivity contribution < 1.29 is 27.4 Å². The van der Waals surface area contributed by atoms with Crippen molar-refractivity contribution in [2.75, 3.05) is 7.11 Å². The molecule has 0 aromatic heterocycles. The van der Waals surface area contributed by atoms with Gasteiger partial charge < -0.3 is 15.2 Å². The van der Waals surface area contributed by atoms with Gasteiger partial charge in [-0.1, -0.05) is 17.7 Å². The smallest absolute Gasteiger partial charge is 0.469 e. The summed E-state index contributed by atoms with van der Waals surface area (Å²) in [7, 11) is 1.23. The number of hydrogen-bond donors (Lipinski definition) is 1. The van der Waals surface area contributed by atoms with Crippen LogP contribution in [-0.2, 0) is 9.53 Å². The lowest BCUT2D eigenvalue weighted by atomic mass is 9.81. The molecule has 0 unspecified atom stereocenters. The first-order valence-electron chi connectivity index (χ1n) is 5.88. The van der Waals surface area contributed by atoms with Crippen LogP contribution in [0.5, 0.6) is 5.75 Å². The van der Waals surface area contributed by atoms with Gasteiger partial charge >= 0.3 is 12.3 Å². The first-order chi connectivity index (χ1) is 9.49. The molecule has 4 nitrogen and oxygen atoms in total. The number of rotatable bonds is 4. The summed E-state index contributed by atoms with van der Waals surface area (Å²) in [4.78, 5) is 11.7. The standard InChI is InChI=1S/C13H15ClF3NO3/c1-12(2,11(19)20-3)10(18)7-4-5-9(8(14)6-7)21-13(15,16)17/h4-6,10H,18H2,1-3H3/t10-/m0/s1. The lowest BCUT2D eigenvalue weighted by molar-refractivity contribution is -0.274. The third-order valence-corrected chi connectivity index (χ3v) is 3.33. The molecule has 0 heterocycles. The Balaban J connectivity index is 3.06. The molecule has 1 rings (SSSR count). The lowest BCUT2D eigenvalue weighted by Crippen LogP contribution is -2.37. The van der Waals surface area contributed by atoms with Gasteiger partial charge in [-0.15, -0.1) is 13.2 Å². The fraction of sp³-hybridized carbons (Fsp3) is 0.462. The minimum Gasteiger partial charge on any atom is -0.469 e. The molecule has 118 valence electrons. The van der Waals surface area contributed by atoms with Gasteiger partial charge in [0, 0.05) is 6.04 Å². The molecule has 0 fully saturated rings. The summed E-state index contributed by atoms with van der Waals surface area (Å²) in [6, 6.07) is 2.81. The second-order valence-electron chi connectivity index (χ2n) is 4.93. The maximum absolute atomic E-state index is 12.2. The molecule has 0 saturated carbocycles. The number of ether oxygens (including phenoxy) is 2. The number of carbonyl (C=O) groups excluding carboxylic acids is 1. The fourth-order valence-electron chi connectivity index (χ4n) is 1.72. The van der Waals surface area contributed by atoms with Crippen LogP contribution in [0.4, 0.5) is 13.2 Å². The molecule has 0 radical (unpaired) electrons. The SMILES string of the molecule is COC(=O)C(C)(C)[C@@H](N)c1ccc(OC(F)(F)F)c(Cl)c1. The quantitative estimate of drug-likeness (QED) is 0.861. The van der Waals surface area contributed by atoms with E-state index in [1.165, 1.54) is 19.2 Å². The van der Waals surface area contributed by atoms with Crippen LogP contribution in [0.1, 0.15) is 25.5 Å². The van der Waals surface area contributed by atoms with Crippen molar-refractivity contribution >= 4 is 17.6 Å². The van der Waals surface area contributed by atoms with E-state index in [9.17, 15) is 18.0 Å². The first-order valence-corrected chi connectivity index (χ1v) is 6.26. The molecule has 0 aliphatic rings. The third-order valence-electron chi connectivity index (χ3n) is 3.03. The zero-order valence-electron chi connectivity index (χ0n) is 11.6. The number of halogens is 4. The van der Waals surface area contributed by atoms with Crippen LogP contribution in [-0.4, -0.2) is 19.4 Å². The molecule has 0 spiro atoms. The number of methoxy groups -OCH3 is 1. The Morgan fingerprint density at radius 1 is 1.33 bits per heavy atom. The van der Waals surface area contributed by atoms with Crippen molar-refractivity contribution in [1.29, 1.82) is 0 Å². The molecular weight excluding hydrogens is 311 g/mol. The summed E-state index contributed by atoms with van der Waals surface area (Å²) < 4.78 is 44.9. The number of carbonyl (C=O) groups is 1. The Hall–Kier alpha value is -1.47. The highest BCUT2D eigenvalue weighted by atomic mass is 35.5. The summed E-state index contributed by atoms with van der Waals surface area (Å²) in [6.07, 6.45) is -4.83. The maximum atomic E-state index is 12.2. The monoisotopic (exact) mass is 325 g/mol. The largest absolute Gasteiger partial charge is 0.573 e. The van der Waals surface area contributed by atoms with Gasteiger partial charge in [-0.25, -0.2) is 0 Å². The van der Waals surface area contributed by atoms with Crippen molar-refractivity contribution in [3.05, 3.63) is 28.8 Å². The van der Waals surface area contributed by atoms with Crippen LogP contribution in [0.25, 0.3) is 0 Å². The van der Waals surface area contributed by atoms with Crippen LogP contribution in [0.2, 0.25) is 5.02 Å². The first kappa shape index (κ1) is 17.6. The molecule has 0 saturated heterocycles. The van der Waals surface area contributed by atoms with Gasteiger partial charge in [0.1, 0.15) is 5.75 Å². The average molecular weight is 326 g/mol. The highest BCUT2D eigenvalue weighted by Gasteiger charge is 2.37. The molecule has 21 heavy (non-hydrogen) atoms. The molecule has 0 bridgehead atoms. The van der Waals surface area contributed by atoms with Crippen LogP contribution in [0.15, 0.2) is 18.2 Å². The van der Waals surface area contributed by atoms with Gasteiger partial charge in [-0.3, -0.25) is 4.79 Å². The van der Waals surface area contributed by atoms with E-state index in [2.05, 4.69) is 9.47 Å². The Kier molecular flexibility index (Phi) is 5.11. The lowest BCUT2D eigenvalue weighted by Gasteiger charge is -2.29. The normalized spacial score (nSPS) is 13.7. The Morgan fingerprint density at radius 3 is 2.33 bits per heavy atom. The number of esters is 1. The van der Waals surface area contributed by atoms with Crippen LogP contribution in [0, 0.1) is 5.41 Å². The highest BCUT2D eigenvalue weighted by Crippen LogP contribution is 2.37. The molecular formula is C13H15ClF3NO3. The van der Waals surface area contributed by atoms with Crippen LogP contribution < -0.4 is 10.5 Å². The van der Waals surface area contributed by atoms with Gasteiger partial charge in [0.05, 0.1) is 17.5 Å². The third kappa shape index (κ3) is 4.25. The van der Waals surface area contributed by atoms with Crippen molar-refractivity contribution in [2.24, 2.45) is 11.1 Å². The fourth-order valence-corrected chi connectivity index (χ4v) is 1.95. The van der Waals surface area contributed by atoms with Crippen molar-refractivity contribution in [3.63, 3.8) is 0 Å². The minimum atomic E-state index is -4.83. The van der Waals surface area contributed by atoms with Crippen LogP contribution >= 0.6 is 11.6 Å². The molecule has 8 heteroatoms. The topological polar surface area (TPSA) is 61.5 Å². The van der Waals surface area contributed by atoms with Crippen molar-refractivity contribution in [1.82, 2.24) is 0 Å². The summed E-state index contributed by atoms with van der Waals surface area (Å²) >= 11 is 5.75. The van der Waals surface area contributed by atoms with Gasteiger partial charge in [-0.05, 0) is 31.5 Å². The highest BCUT2D eigenvalue weighted by molar-refractivity contribution is 6.32. The summed E-state index contributed by atoms with van der Waals surface area (Å²) in [5.41, 5.74) is 5.30. The second-order valence-corrected chi connectivity index (χ2v) is 5.34. The van der Waals surface area contributed by atoms with E-state index >= 15 is 0 Å². The zero-order valence-corrected chi connectivity index (χ0v) is 12.4. The summed E-state index contributed by atoms with van der Waals surface area (Å²) in [5.74, 6) is -1.07. The van der Waals surface area contributed by atoms with E-state index < -0.39 is 29.5 Å². The Labute approximate surface area is 125 Å². The summed E-state index contributed by atoms with van der Waals surface area (Å²) in [6.45, 7) is 3.13.